The summed E-state index contributed by atoms with van der Waals surface area (Å²) in [6, 6.07) is 4.05. The molecule has 1 saturated heterocycles. The number of benzene rings is 1. The summed E-state index contributed by atoms with van der Waals surface area (Å²) in [7, 11) is 0. The van der Waals surface area contributed by atoms with Gasteiger partial charge in [-0.15, -0.1) is 0 Å². The summed E-state index contributed by atoms with van der Waals surface area (Å²) >= 11 is 0. The fraction of sp³-hybridized carbons (Fsp3) is 0.588. The fourth-order valence-electron chi connectivity index (χ4n) is 2.92. The van der Waals surface area contributed by atoms with Gasteiger partial charge in [-0.2, -0.15) is 0 Å². The third kappa shape index (κ3) is 2.67. The van der Waals surface area contributed by atoms with E-state index in [0.717, 1.165) is 29.5 Å². The summed E-state index contributed by atoms with van der Waals surface area (Å²) in [6.07, 6.45) is 2.46. The highest BCUT2D eigenvalue weighted by Crippen LogP contribution is 2.39. The van der Waals surface area contributed by atoms with Crippen molar-refractivity contribution in [3.63, 3.8) is 0 Å². The number of rotatable bonds is 1. The van der Waals surface area contributed by atoms with E-state index in [1.807, 2.05) is 19.1 Å². The van der Waals surface area contributed by atoms with E-state index in [1.165, 1.54) is 0 Å². The standard InChI is InChI=1S/C17H25NO2/c1-11-9-12(10-13(15(11)20)16(2,3)4)17(5)8-6-7-14(19)18-17/h9-10,20H,6-8H2,1-5H3,(H,18,19). The number of piperidine rings is 1. The van der Waals surface area contributed by atoms with Gasteiger partial charge in [-0.1, -0.05) is 26.8 Å². The third-order valence-electron chi connectivity index (χ3n) is 4.24. The average Bonchev–Trinajstić information content (AvgIpc) is 2.30. The Morgan fingerprint density at radius 2 is 1.95 bits per heavy atom. The number of nitrogens with one attached hydrogen (secondary N) is 1. The maximum absolute atomic E-state index is 11.7. The number of carbonyl (C=O) groups excluding carboxylic acids is 1. The summed E-state index contributed by atoms with van der Waals surface area (Å²) in [4.78, 5) is 11.7. The Hall–Kier alpha value is -1.51. The highest BCUT2D eigenvalue weighted by atomic mass is 16.3. The largest absolute Gasteiger partial charge is 0.507 e. The van der Waals surface area contributed by atoms with E-state index in [9.17, 15) is 9.90 Å². The van der Waals surface area contributed by atoms with Crippen LogP contribution in [-0.2, 0) is 15.7 Å². The van der Waals surface area contributed by atoms with E-state index in [2.05, 4.69) is 33.0 Å². The van der Waals surface area contributed by atoms with Gasteiger partial charge < -0.3 is 10.4 Å². The number of hydrogen-bond donors (Lipinski definition) is 2. The molecule has 1 aliphatic heterocycles. The van der Waals surface area contributed by atoms with Gasteiger partial charge in [-0.05, 0) is 54.9 Å². The monoisotopic (exact) mass is 275 g/mol. The molecular weight excluding hydrogens is 250 g/mol. The minimum Gasteiger partial charge on any atom is -0.507 e. The zero-order valence-electron chi connectivity index (χ0n) is 13.1. The van der Waals surface area contributed by atoms with Crippen LogP contribution >= 0.6 is 0 Å². The van der Waals surface area contributed by atoms with Crippen molar-refractivity contribution in [2.45, 2.75) is 64.8 Å². The van der Waals surface area contributed by atoms with Crippen LogP contribution in [0.5, 0.6) is 5.75 Å². The molecule has 110 valence electrons. The molecule has 2 N–H and O–H groups in total. The molecule has 1 atom stereocenters. The second kappa shape index (κ2) is 4.80. The van der Waals surface area contributed by atoms with Crippen LogP contribution in [0.2, 0.25) is 0 Å². The topological polar surface area (TPSA) is 49.3 Å². The number of aromatic hydroxyl groups is 1. The van der Waals surface area contributed by atoms with Crippen molar-refractivity contribution in [1.29, 1.82) is 0 Å². The summed E-state index contributed by atoms with van der Waals surface area (Å²) in [5, 5.41) is 13.4. The minimum absolute atomic E-state index is 0.113. The van der Waals surface area contributed by atoms with Gasteiger partial charge in [0.05, 0.1) is 5.54 Å². The smallest absolute Gasteiger partial charge is 0.220 e. The molecule has 3 heteroatoms. The van der Waals surface area contributed by atoms with Gasteiger partial charge in [-0.25, -0.2) is 0 Å². The number of aryl methyl sites for hydroxylation is 1. The second-order valence-electron chi connectivity index (χ2n) is 7.17. The van der Waals surface area contributed by atoms with Crippen LogP contribution in [0.25, 0.3) is 0 Å². The zero-order valence-corrected chi connectivity index (χ0v) is 13.1. The summed E-state index contributed by atoms with van der Waals surface area (Å²) in [5.41, 5.74) is 2.45. The highest BCUT2D eigenvalue weighted by Gasteiger charge is 2.33. The van der Waals surface area contributed by atoms with Crippen LogP contribution in [0.15, 0.2) is 12.1 Å². The Morgan fingerprint density at radius 3 is 2.50 bits per heavy atom. The Labute approximate surface area is 121 Å². The lowest BCUT2D eigenvalue weighted by Crippen LogP contribution is -2.46. The van der Waals surface area contributed by atoms with Crippen LogP contribution in [-0.4, -0.2) is 11.0 Å². The van der Waals surface area contributed by atoms with E-state index in [0.29, 0.717) is 12.2 Å². The first-order valence-electron chi connectivity index (χ1n) is 7.29. The number of carbonyl (C=O) groups is 1. The fourth-order valence-corrected chi connectivity index (χ4v) is 2.92. The Bertz CT molecular complexity index is 543. The van der Waals surface area contributed by atoms with Crippen LogP contribution in [0.1, 0.15) is 63.6 Å². The van der Waals surface area contributed by atoms with Crippen molar-refractivity contribution in [3.05, 3.63) is 28.8 Å². The molecule has 1 heterocycles. The van der Waals surface area contributed by atoms with Gasteiger partial charge in [0, 0.05) is 6.42 Å². The lowest BCUT2D eigenvalue weighted by Gasteiger charge is -2.36. The van der Waals surface area contributed by atoms with E-state index in [-0.39, 0.29) is 16.9 Å². The number of phenolic OH excluding ortho intramolecular Hbond substituents is 1. The molecule has 1 unspecified atom stereocenters. The average molecular weight is 275 g/mol. The quantitative estimate of drug-likeness (QED) is 0.824. The van der Waals surface area contributed by atoms with Gasteiger partial charge in [0.25, 0.3) is 0 Å². The zero-order chi connectivity index (χ0) is 15.1. The van der Waals surface area contributed by atoms with Gasteiger partial charge in [0.15, 0.2) is 0 Å². The van der Waals surface area contributed by atoms with Crippen molar-refractivity contribution in [3.8, 4) is 5.75 Å². The van der Waals surface area contributed by atoms with Crippen LogP contribution in [0.3, 0.4) is 0 Å². The predicted molar refractivity (Wildman–Crippen MR) is 80.9 cm³/mol. The first kappa shape index (κ1) is 14.9. The molecule has 1 aromatic rings. The second-order valence-corrected chi connectivity index (χ2v) is 7.17. The van der Waals surface area contributed by atoms with E-state index in [1.54, 1.807) is 0 Å². The first-order chi connectivity index (χ1) is 9.13. The lowest BCUT2D eigenvalue weighted by molar-refractivity contribution is -0.125. The summed E-state index contributed by atoms with van der Waals surface area (Å²) < 4.78 is 0. The molecule has 0 aliphatic carbocycles. The SMILES string of the molecule is Cc1cc(C2(C)CCCC(=O)N2)cc(C(C)(C)C)c1O. The maximum atomic E-state index is 11.7. The number of amides is 1. The molecule has 0 saturated carbocycles. The Kier molecular flexibility index (Phi) is 3.57. The molecule has 1 aromatic carbocycles. The van der Waals surface area contributed by atoms with Crippen LogP contribution in [0, 0.1) is 6.92 Å². The highest BCUT2D eigenvalue weighted by molar-refractivity contribution is 5.78. The molecule has 0 aromatic heterocycles. The van der Waals surface area contributed by atoms with E-state index < -0.39 is 0 Å². The number of hydrogen-bond acceptors (Lipinski definition) is 2. The Balaban J connectivity index is 2.53. The van der Waals surface area contributed by atoms with E-state index in [4.69, 9.17) is 0 Å². The molecule has 0 bridgehead atoms. The molecule has 0 spiro atoms. The molecule has 20 heavy (non-hydrogen) atoms. The first-order valence-corrected chi connectivity index (χ1v) is 7.29. The molecule has 1 aliphatic rings. The van der Waals surface area contributed by atoms with Gasteiger partial charge >= 0.3 is 0 Å². The third-order valence-corrected chi connectivity index (χ3v) is 4.24. The van der Waals surface area contributed by atoms with Crippen molar-refractivity contribution < 1.29 is 9.90 Å². The summed E-state index contributed by atoms with van der Waals surface area (Å²) in [6.45, 7) is 10.3. The number of phenols is 1. The van der Waals surface area contributed by atoms with Crippen molar-refractivity contribution in [2.24, 2.45) is 0 Å². The Morgan fingerprint density at radius 1 is 1.30 bits per heavy atom. The van der Waals surface area contributed by atoms with Crippen LogP contribution < -0.4 is 5.32 Å². The maximum Gasteiger partial charge on any atom is 0.220 e. The molecule has 1 amide bonds. The molecule has 0 radical (unpaired) electrons. The summed E-state index contributed by atoms with van der Waals surface area (Å²) in [5.74, 6) is 0.480. The predicted octanol–water partition coefficient (Wildman–Crippen LogP) is 3.51. The van der Waals surface area contributed by atoms with Crippen LogP contribution in [0.4, 0.5) is 0 Å². The van der Waals surface area contributed by atoms with E-state index >= 15 is 0 Å². The van der Waals surface area contributed by atoms with Gasteiger partial charge in [0.1, 0.15) is 5.75 Å². The lowest BCUT2D eigenvalue weighted by atomic mass is 9.78. The van der Waals surface area contributed by atoms with Crippen molar-refractivity contribution in [2.75, 3.05) is 0 Å². The van der Waals surface area contributed by atoms with Crippen molar-refractivity contribution >= 4 is 5.91 Å². The normalized spacial score (nSPS) is 23.6. The minimum atomic E-state index is -0.326. The van der Waals surface area contributed by atoms with Gasteiger partial charge in [0.2, 0.25) is 5.91 Å². The molecule has 3 nitrogen and oxygen atoms in total. The molecule has 2 rings (SSSR count). The molecular formula is C17H25NO2. The van der Waals surface area contributed by atoms with Gasteiger partial charge in [-0.3, -0.25) is 4.79 Å². The molecule has 1 fully saturated rings. The van der Waals surface area contributed by atoms with Crippen molar-refractivity contribution in [1.82, 2.24) is 5.32 Å².